The molecule has 154 valence electrons. The summed E-state index contributed by atoms with van der Waals surface area (Å²) in [5, 5.41) is 2.34. The van der Waals surface area contributed by atoms with Crippen molar-refractivity contribution in [3.05, 3.63) is 76.8 Å². The van der Waals surface area contributed by atoms with Crippen LogP contribution in [0.4, 0.5) is 14.5 Å². The standard InChI is InChI=1S/C22H19F2N3O2S/c1-3-15-9-17(23)11-20(24)19(15)12-27(13-25-14-28)21-6-5-18(10-16(21)4-2)29-22-26-7-8-30-22/h3,5-11,13-14H,1,4,12H2,2H3. The quantitative estimate of drug-likeness (QED) is 0.253. The minimum atomic E-state index is -0.698. The molecule has 0 atom stereocenters. The van der Waals surface area contributed by atoms with Gasteiger partial charge in [0.15, 0.2) is 0 Å². The first-order chi connectivity index (χ1) is 14.5. The molecule has 1 heterocycles. The van der Waals surface area contributed by atoms with Crippen LogP contribution in [0.5, 0.6) is 10.9 Å². The molecule has 3 aromatic rings. The number of benzene rings is 2. The third-order valence-corrected chi connectivity index (χ3v) is 5.01. The molecule has 5 nitrogen and oxygen atoms in total. The monoisotopic (exact) mass is 427 g/mol. The van der Waals surface area contributed by atoms with Gasteiger partial charge in [-0.15, -0.1) is 0 Å². The normalized spacial score (nSPS) is 10.9. The number of aliphatic imine (C=N–C) groups is 1. The van der Waals surface area contributed by atoms with E-state index in [1.54, 1.807) is 23.2 Å². The van der Waals surface area contributed by atoms with Crippen molar-refractivity contribution in [2.45, 2.75) is 19.9 Å². The molecular formula is C22H19F2N3O2S. The average molecular weight is 427 g/mol. The number of thiazole rings is 1. The first kappa shape index (κ1) is 21.3. The van der Waals surface area contributed by atoms with E-state index in [9.17, 15) is 13.6 Å². The van der Waals surface area contributed by atoms with Crippen LogP contribution in [0.15, 0.2) is 53.5 Å². The Labute approximate surface area is 177 Å². The topological polar surface area (TPSA) is 54.8 Å². The average Bonchev–Trinajstić information content (AvgIpc) is 3.25. The molecule has 0 fully saturated rings. The highest BCUT2D eigenvalue weighted by Crippen LogP contribution is 2.31. The van der Waals surface area contributed by atoms with Gasteiger partial charge in [0.25, 0.3) is 5.19 Å². The Morgan fingerprint density at radius 1 is 1.30 bits per heavy atom. The molecule has 0 saturated heterocycles. The van der Waals surface area contributed by atoms with E-state index in [1.165, 1.54) is 29.8 Å². The number of carbonyl (C=O) groups is 1. The van der Waals surface area contributed by atoms with E-state index in [-0.39, 0.29) is 12.1 Å². The summed E-state index contributed by atoms with van der Waals surface area (Å²) in [4.78, 5) is 20.2. The van der Waals surface area contributed by atoms with Crippen molar-refractivity contribution in [1.29, 1.82) is 0 Å². The Morgan fingerprint density at radius 3 is 2.80 bits per heavy atom. The summed E-state index contributed by atoms with van der Waals surface area (Å²) < 4.78 is 33.8. The fraction of sp³-hybridized carbons (Fsp3) is 0.136. The maximum absolute atomic E-state index is 14.5. The second-order valence-corrected chi connectivity index (χ2v) is 7.06. The van der Waals surface area contributed by atoms with Crippen molar-refractivity contribution >= 4 is 35.8 Å². The van der Waals surface area contributed by atoms with Crippen molar-refractivity contribution in [2.75, 3.05) is 4.90 Å². The molecule has 3 rings (SSSR count). The third-order valence-electron chi connectivity index (χ3n) is 4.37. The van der Waals surface area contributed by atoms with Gasteiger partial charge in [0, 0.05) is 28.9 Å². The number of rotatable bonds is 9. The minimum absolute atomic E-state index is 0.0322. The van der Waals surface area contributed by atoms with Crippen LogP contribution in [0.2, 0.25) is 0 Å². The third kappa shape index (κ3) is 4.96. The fourth-order valence-corrected chi connectivity index (χ4v) is 3.49. The maximum atomic E-state index is 14.5. The predicted octanol–water partition coefficient (Wildman–Crippen LogP) is 5.61. The van der Waals surface area contributed by atoms with E-state index >= 15 is 0 Å². The van der Waals surface area contributed by atoms with Gasteiger partial charge < -0.3 is 9.64 Å². The number of ether oxygens (including phenoxy) is 1. The number of hydrogen-bond acceptors (Lipinski definition) is 4. The van der Waals surface area contributed by atoms with Crippen LogP contribution in [0, 0.1) is 11.6 Å². The van der Waals surface area contributed by atoms with Crippen molar-refractivity contribution in [2.24, 2.45) is 4.99 Å². The predicted molar refractivity (Wildman–Crippen MR) is 115 cm³/mol. The van der Waals surface area contributed by atoms with Gasteiger partial charge in [0.05, 0.1) is 12.9 Å². The smallest absolute Gasteiger partial charge is 0.278 e. The van der Waals surface area contributed by atoms with E-state index in [1.807, 2.05) is 18.4 Å². The molecule has 0 unspecified atom stereocenters. The van der Waals surface area contributed by atoms with Gasteiger partial charge in [0.1, 0.15) is 17.4 Å². The van der Waals surface area contributed by atoms with Crippen molar-refractivity contribution < 1.29 is 18.3 Å². The summed E-state index contributed by atoms with van der Waals surface area (Å²) in [6.07, 6.45) is 5.41. The molecule has 30 heavy (non-hydrogen) atoms. The molecule has 0 aliphatic rings. The SMILES string of the molecule is C=Cc1cc(F)cc(F)c1CN(C=NC=O)c1ccc(Oc2nccs2)cc1CC. The number of amides is 1. The zero-order valence-electron chi connectivity index (χ0n) is 16.2. The molecule has 0 radical (unpaired) electrons. The van der Waals surface area contributed by atoms with Crippen molar-refractivity contribution in [1.82, 2.24) is 4.98 Å². The lowest BCUT2D eigenvalue weighted by Crippen LogP contribution is -2.23. The Hall–Kier alpha value is -3.39. The molecule has 1 amide bonds. The van der Waals surface area contributed by atoms with Gasteiger partial charge in [0.2, 0.25) is 6.41 Å². The number of carbonyl (C=O) groups excluding carboxylic acids is 1. The first-order valence-corrected chi connectivity index (χ1v) is 9.97. The number of anilines is 1. The van der Waals surface area contributed by atoms with E-state index in [4.69, 9.17) is 4.74 Å². The second-order valence-electron chi connectivity index (χ2n) is 6.20. The van der Waals surface area contributed by atoms with E-state index in [0.717, 1.165) is 11.6 Å². The molecule has 0 N–H and O–H groups in total. The van der Waals surface area contributed by atoms with Gasteiger partial charge >= 0.3 is 0 Å². The number of hydrogen-bond donors (Lipinski definition) is 0. The minimum Gasteiger partial charge on any atom is -0.431 e. The van der Waals surface area contributed by atoms with Gasteiger partial charge in [-0.25, -0.2) is 18.8 Å². The summed E-state index contributed by atoms with van der Waals surface area (Å²) in [7, 11) is 0. The lowest BCUT2D eigenvalue weighted by Gasteiger charge is -2.24. The molecule has 8 heteroatoms. The lowest BCUT2D eigenvalue weighted by molar-refractivity contribution is -0.106. The molecule has 0 saturated carbocycles. The second kappa shape index (κ2) is 9.89. The van der Waals surface area contributed by atoms with Gasteiger partial charge in [-0.05, 0) is 41.8 Å². The number of aromatic nitrogens is 1. The van der Waals surface area contributed by atoms with Crippen LogP contribution in [0.3, 0.4) is 0 Å². The lowest BCUT2D eigenvalue weighted by atomic mass is 10.0. The maximum Gasteiger partial charge on any atom is 0.278 e. The molecule has 1 aromatic heterocycles. The summed E-state index contributed by atoms with van der Waals surface area (Å²) in [5.74, 6) is -0.772. The van der Waals surface area contributed by atoms with Crippen LogP contribution in [-0.4, -0.2) is 17.7 Å². The molecule has 2 aromatic carbocycles. The Balaban J connectivity index is 1.99. The van der Waals surface area contributed by atoms with E-state index < -0.39 is 11.6 Å². The van der Waals surface area contributed by atoms with E-state index in [2.05, 4.69) is 16.6 Å². The number of nitrogens with zero attached hydrogens (tertiary/aromatic N) is 3. The van der Waals surface area contributed by atoms with Crippen LogP contribution < -0.4 is 9.64 Å². The molecule has 0 spiro atoms. The Bertz CT molecular complexity index is 1070. The summed E-state index contributed by atoms with van der Waals surface area (Å²) in [6.45, 7) is 5.63. The highest BCUT2D eigenvalue weighted by molar-refractivity contribution is 7.11. The van der Waals surface area contributed by atoms with Crippen LogP contribution in [0.25, 0.3) is 6.08 Å². The first-order valence-electron chi connectivity index (χ1n) is 9.10. The number of aryl methyl sites for hydroxylation is 1. The zero-order chi connectivity index (χ0) is 21.5. The van der Waals surface area contributed by atoms with Gasteiger partial charge in [-0.1, -0.05) is 30.9 Å². The highest BCUT2D eigenvalue weighted by atomic mass is 32.1. The van der Waals surface area contributed by atoms with Gasteiger partial charge in [-0.2, -0.15) is 0 Å². The highest BCUT2D eigenvalue weighted by Gasteiger charge is 2.16. The zero-order valence-corrected chi connectivity index (χ0v) is 17.0. The Morgan fingerprint density at radius 2 is 2.13 bits per heavy atom. The van der Waals surface area contributed by atoms with Crippen LogP contribution in [-0.2, 0) is 17.8 Å². The van der Waals surface area contributed by atoms with Crippen molar-refractivity contribution in [3.8, 4) is 10.9 Å². The summed E-state index contributed by atoms with van der Waals surface area (Å²) in [5.41, 5.74) is 2.19. The molecule has 0 aliphatic carbocycles. The molecular weight excluding hydrogens is 408 g/mol. The molecule has 0 aliphatic heterocycles. The molecule has 0 bridgehead atoms. The van der Waals surface area contributed by atoms with Crippen LogP contribution >= 0.6 is 11.3 Å². The largest absolute Gasteiger partial charge is 0.431 e. The number of halogens is 2. The van der Waals surface area contributed by atoms with Crippen molar-refractivity contribution in [3.63, 3.8) is 0 Å². The summed E-state index contributed by atoms with van der Waals surface area (Å²) in [6, 6.07) is 7.45. The van der Waals surface area contributed by atoms with Crippen LogP contribution in [0.1, 0.15) is 23.6 Å². The van der Waals surface area contributed by atoms with E-state index in [0.29, 0.717) is 35.0 Å². The fourth-order valence-electron chi connectivity index (χ4n) is 2.99. The van der Waals surface area contributed by atoms with Gasteiger partial charge in [-0.3, -0.25) is 4.79 Å². The Kier molecular flexibility index (Phi) is 7.03. The summed E-state index contributed by atoms with van der Waals surface area (Å²) >= 11 is 1.38.